The number of ether oxygens (including phenoxy) is 1. The molecule has 1 unspecified atom stereocenters. The van der Waals surface area contributed by atoms with Crippen LogP contribution in [0.1, 0.15) is 24.8 Å². The Hall–Kier alpha value is -2.29. The Morgan fingerprint density at radius 2 is 1.83 bits per heavy atom. The molecule has 0 radical (unpaired) electrons. The number of likely N-dealkylation sites (tertiary alicyclic amines) is 2. The lowest BCUT2D eigenvalue weighted by Gasteiger charge is -2.54. The van der Waals surface area contributed by atoms with Gasteiger partial charge in [0.05, 0.1) is 18.0 Å². The first-order valence-corrected chi connectivity index (χ1v) is 12.3. The average Bonchev–Trinajstić information content (AvgIpc) is 3.22. The van der Waals surface area contributed by atoms with Crippen molar-refractivity contribution in [3.05, 3.63) is 29.8 Å². The van der Waals surface area contributed by atoms with E-state index in [2.05, 4.69) is 5.32 Å². The molecule has 3 saturated heterocycles. The minimum atomic E-state index is -3.16. The van der Waals surface area contributed by atoms with Crippen LogP contribution in [0.5, 0.6) is 0 Å². The Morgan fingerprint density at radius 3 is 2.43 bits per heavy atom. The number of alkyl carbamates (subject to hydrolysis) is 1. The predicted octanol–water partition coefficient (Wildman–Crippen LogP) is 1.65. The molecule has 3 amide bonds. The number of nitrogens with zero attached hydrogens (tertiary/aromatic N) is 2. The number of hydrogen-bond donors (Lipinski definition) is 1. The average molecular weight is 434 g/mol. The van der Waals surface area contributed by atoms with Crippen molar-refractivity contribution in [1.29, 1.82) is 0 Å². The largest absolute Gasteiger partial charge is 0.447 e. The van der Waals surface area contributed by atoms with E-state index in [1.54, 1.807) is 17.0 Å². The van der Waals surface area contributed by atoms with Crippen LogP contribution in [0.3, 0.4) is 0 Å². The molecule has 1 aromatic rings. The number of cyclic esters (lactones) is 1. The van der Waals surface area contributed by atoms with E-state index in [0.29, 0.717) is 30.5 Å². The molecule has 1 N–H and O–H groups in total. The van der Waals surface area contributed by atoms with Gasteiger partial charge in [0.15, 0.2) is 9.84 Å². The van der Waals surface area contributed by atoms with Crippen molar-refractivity contribution < 1.29 is 22.7 Å². The highest BCUT2D eigenvalue weighted by atomic mass is 32.2. The van der Waals surface area contributed by atoms with Crippen LogP contribution in [-0.4, -0.2) is 74.9 Å². The van der Waals surface area contributed by atoms with E-state index in [1.165, 1.54) is 11.8 Å². The fourth-order valence-electron chi connectivity index (χ4n) is 5.58. The normalized spacial score (nSPS) is 26.3. The molecule has 9 heteroatoms. The second-order valence-electron chi connectivity index (χ2n) is 9.71. The molecule has 3 aliphatic heterocycles. The van der Waals surface area contributed by atoms with Gasteiger partial charge in [-0.25, -0.2) is 18.0 Å². The SMILES string of the molecule is CS(=O)(=O)c1ccc(CC2CCC3(C2)CN(C(=O)N2CC4(COC(=O)N4)C2)C3)cc1. The van der Waals surface area contributed by atoms with Gasteiger partial charge in [-0.15, -0.1) is 0 Å². The van der Waals surface area contributed by atoms with Crippen molar-refractivity contribution in [2.24, 2.45) is 11.3 Å². The van der Waals surface area contributed by atoms with E-state index in [1.807, 2.05) is 17.0 Å². The second kappa shape index (κ2) is 6.60. The van der Waals surface area contributed by atoms with E-state index in [-0.39, 0.29) is 17.0 Å². The number of rotatable bonds is 3. The Morgan fingerprint density at radius 1 is 1.17 bits per heavy atom. The molecule has 30 heavy (non-hydrogen) atoms. The first-order valence-electron chi connectivity index (χ1n) is 10.4. The third-order valence-electron chi connectivity index (χ3n) is 7.11. The van der Waals surface area contributed by atoms with Gasteiger partial charge in [0.25, 0.3) is 0 Å². The first-order chi connectivity index (χ1) is 14.2. The van der Waals surface area contributed by atoms with E-state index in [9.17, 15) is 18.0 Å². The van der Waals surface area contributed by atoms with Crippen molar-refractivity contribution >= 4 is 22.0 Å². The summed E-state index contributed by atoms with van der Waals surface area (Å²) in [5.74, 6) is 0.574. The van der Waals surface area contributed by atoms with Gasteiger partial charge >= 0.3 is 12.1 Å². The topological polar surface area (TPSA) is 96.0 Å². The van der Waals surface area contributed by atoms with Gasteiger partial charge in [-0.3, -0.25) is 0 Å². The fourth-order valence-corrected chi connectivity index (χ4v) is 6.21. The molecule has 0 aromatic heterocycles. The first kappa shape index (κ1) is 19.7. The van der Waals surface area contributed by atoms with Crippen molar-refractivity contribution in [3.8, 4) is 0 Å². The monoisotopic (exact) mass is 433 g/mol. The number of nitrogens with one attached hydrogen (secondary N) is 1. The minimum absolute atomic E-state index is 0.0622. The number of urea groups is 1. The van der Waals surface area contributed by atoms with Gasteiger partial charge in [0.2, 0.25) is 0 Å². The van der Waals surface area contributed by atoms with Crippen molar-refractivity contribution in [1.82, 2.24) is 15.1 Å². The maximum absolute atomic E-state index is 12.7. The zero-order valence-corrected chi connectivity index (χ0v) is 17.9. The van der Waals surface area contributed by atoms with Crippen LogP contribution in [0.4, 0.5) is 9.59 Å². The van der Waals surface area contributed by atoms with Crippen LogP contribution < -0.4 is 5.32 Å². The van der Waals surface area contributed by atoms with Crippen LogP contribution >= 0.6 is 0 Å². The number of sulfone groups is 1. The summed E-state index contributed by atoms with van der Waals surface area (Å²) in [6, 6.07) is 7.28. The van der Waals surface area contributed by atoms with E-state index < -0.39 is 15.9 Å². The third-order valence-corrected chi connectivity index (χ3v) is 8.24. The summed E-state index contributed by atoms with van der Waals surface area (Å²) in [7, 11) is -3.16. The molecule has 4 fully saturated rings. The zero-order valence-electron chi connectivity index (χ0n) is 17.1. The van der Waals surface area contributed by atoms with Crippen LogP contribution in [-0.2, 0) is 21.0 Å². The fraction of sp³-hybridized carbons (Fsp3) is 0.619. The summed E-state index contributed by atoms with van der Waals surface area (Å²) in [5.41, 5.74) is 1.03. The van der Waals surface area contributed by atoms with Gasteiger partial charge in [-0.1, -0.05) is 12.1 Å². The number of benzene rings is 1. The summed E-state index contributed by atoms with van der Waals surface area (Å²) < 4.78 is 28.2. The molecule has 0 bridgehead atoms. The number of hydrogen-bond acceptors (Lipinski definition) is 5. The van der Waals surface area contributed by atoms with Crippen molar-refractivity contribution in [3.63, 3.8) is 0 Å². The minimum Gasteiger partial charge on any atom is -0.447 e. The molecule has 5 rings (SSSR count). The van der Waals surface area contributed by atoms with E-state index in [0.717, 1.165) is 38.8 Å². The summed E-state index contributed by atoms with van der Waals surface area (Å²) in [6.45, 7) is 3.00. The highest BCUT2D eigenvalue weighted by molar-refractivity contribution is 7.90. The highest BCUT2D eigenvalue weighted by Gasteiger charge is 2.55. The number of carbonyl (C=O) groups is 2. The summed E-state index contributed by atoms with van der Waals surface area (Å²) in [4.78, 5) is 28.0. The Labute approximate surface area is 176 Å². The zero-order chi connectivity index (χ0) is 21.1. The Kier molecular flexibility index (Phi) is 4.33. The molecular weight excluding hydrogens is 406 g/mol. The highest BCUT2D eigenvalue weighted by Crippen LogP contribution is 2.49. The molecule has 1 aliphatic carbocycles. The maximum atomic E-state index is 12.7. The van der Waals surface area contributed by atoms with Crippen LogP contribution in [0.15, 0.2) is 29.2 Å². The molecule has 2 spiro atoms. The van der Waals surface area contributed by atoms with Crippen LogP contribution in [0.2, 0.25) is 0 Å². The number of carbonyl (C=O) groups excluding carboxylic acids is 2. The smallest absolute Gasteiger partial charge is 0.407 e. The Balaban J connectivity index is 1.11. The predicted molar refractivity (Wildman–Crippen MR) is 109 cm³/mol. The molecule has 1 atom stereocenters. The quantitative estimate of drug-likeness (QED) is 0.782. The molecular formula is C21H27N3O5S. The lowest BCUT2D eigenvalue weighted by Crippen LogP contribution is -2.73. The lowest BCUT2D eigenvalue weighted by molar-refractivity contribution is -0.00751. The molecule has 8 nitrogen and oxygen atoms in total. The van der Waals surface area contributed by atoms with Crippen LogP contribution in [0, 0.1) is 11.3 Å². The van der Waals surface area contributed by atoms with Gasteiger partial charge < -0.3 is 19.9 Å². The Bertz CT molecular complexity index is 978. The maximum Gasteiger partial charge on any atom is 0.407 e. The number of amides is 3. The molecule has 1 saturated carbocycles. The van der Waals surface area contributed by atoms with Gasteiger partial charge in [-0.05, 0) is 49.3 Å². The summed E-state index contributed by atoms with van der Waals surface area (Å²) >= 11 is 0. The lowest BCUT2D eigenvalue weighted by atomic mass is 9.77. The van der Waals surface area contributed by atoms with Gasteiger partial charge in [0.1, 0.15) is 12.1 Å². The standard InChI is InChI=1S/C21H27N3O5S/c1-30(27,28)17-4-2-15(3-5-17)8-16-6-7-20(9-16)10-23(11-20)19(26)24-12-21(13-24)14-29-18(25)22-21/h2-5,16H,6-14H2,1H3,(H,22,25). The third kappa shape index (κ3) is 3.42. The van der Waals surface area contributed by atoms with Crippen molar-refractivity contribution in [2.45, 2.75) is 36.1 Å². The molecule has 4 aliphatic rings. The van der Waals surface area contributed by atoms with Crippen molar-refractivity contribution in [2.75, 3.05) is 39.0 Å². The second-order valence-corrected chi connectivity index (χ2v) is 11.7. The van der Waals surface area contributed by atoms with Crippen LogP contribution in [0.25, 0.3) is 0 Å². The van der Waals surface area contributed by atoms with E-state index in [4.69, 9.17) is 4.74 Å². The van der Waals surface area contributed by atoms with Gasteiger partial charge in [-0.2, -0.15) is 0 Å². The molecule has 3 heterocycles. The summed E-state index contributed by atoms with van der Waals surface area (Å²) in [6.07, 6.45) is 5.17. The molecule has 1 aromatic carbocycles. The molecule has 162 valence electrons. The summed E-state index contributed by atoms with van der Waals surface area (Å²) in [5, 5.41) is 2.81. The van der Waals surface area contributed by atoms with Gasteiger partial charge in [0, 0.05) is 24.8 Å². The van der Waals surface area contributed by atoms with E-state index >= 15 is 0 Å².